The molecule has 0 saturated carbocycles. The highest BCUT2D eigenvalue weighted by Gasteiger charge is 2.14. The van der Waals surface area contributed by atoms with Gasteiger partial charge in [0.05, 0.1) is 5.25 Å². The predicted octanol–water partition coefficient (Wildman–Crippen LogP) is 5.10. The van der Waals surface area contributed by atoms with Crippen molar-refractivity contribution in [3.63, 3.8) is 0 Å². The van der Waals surface area contributed by atoms with E-state index < -0.39 is 0 Å². The molecule has 2 rings (SSSR count). The van der Waals surface area contributed by atoms with E-state index in [9.17, 15) is 4.79 Å². The first-order chi connectivity index (χ1) is 10.5. The first kappa shape index (κ1) is 17.2. The number of rotatable bonds is 5. The molecule has 2 aromatic rings. The van der Waals surface area contributed by atoms with Crippen LogP contribution in [0.1, 0.15) is 18.1 Å². The SMILES string of the molecule is Cc1ccc(S[C@H](C)C(=O)NCc2ccc(Cl)cc2Cl)cc1. The van der Waals surface area contributed by atoms with E-state index in [1.165, 1.54) is 17.3 Å². The maximum atomic E-state index is 12.2. The van der Waals surface area contributed by atoms with Crippen molar-refractivity contribution in [2.24, 2.45) is 0 Å². The highest BCUT2D eigenvalue weighted by molar-refractivity contribution is 8.00. The number of carbonyl (C=O) groups is 1. The fourth-order valence-electron chi connectivity index (χ4n) is 1.87. The van der Waals surface area contributed by atoms with E-state index in [1.54, 1.807) is 12.1 Å². The molecule has 0 saturated heterocycles. The summed E-state index contributed by atoms with van der Waals surface area (Å²) in [6, 6.07) is 13.4. The third-order valence-corrected chi connectivity index (χ3v) is 4.87. The van der Waals surface area contributed by atoms with Crippen LogP contribution in [0.25, 0.3) is 0 Å². The maximum Gasteiger partial charge on any atom is 0.233 e. The molecule has 0 aliphatic heterocycles. The quantitative estimate of drug-likeness (QED) is 0.757. The molecule has 116 valence electrons. The summed E-state index contributed by atoms with van der Waals surface area (Å²) in [5.41, 5.74) is 2.06. The van der Waals surface area contributed by atoms with Crippen molar-refractivity contribution in [2.45, 2.75) is 30.5 Å². The van der Waals surface area contributed by atoms with Gasteiger partial charge in [-0.15, -0.1) is 11.8 Å². The van der Waals surface area contributed by atoms with E-state index in [1.807, 2.05) is 44.2 Å². The Bertz CT molecular complexity index is 658. The Morgan fingerprint density at radius 2 is 1.86 bits per heavy atom. The zero-order valence-electron chi connectivity index (χ0n) is 12.4. The Labute approximate surface area is 145 Å². The molecular formula is C17H17Cl2NOS. The van der Waals surface area contributed by atoms with E-state index >= 15 is 0 Å². The monoisotopic (exact) mass is 353 g/mol. The normalized spacial score (nSPS) is 12.0. The highest BCUT2D eigenvalue weighted by atomic mass is 35.5. The highest BCUT2D eigenvalue weighted by Crippen LogP contribution is 2.24. The molecule has 0 aromatic heterocycles. The molecule has 1 atom stereocenters. The van der Waals surface area contributed by atoms with Crippen molar-refractivity contribution in [3.8, 4) is 0 Å². The van der Waals surface area contributed by atoms with Gasteiger partial charge in [0.25, 0.3) is 0 Å². The number of halogens is 2. The average Bonchev–Trinajstić information content (AvgIpc) is 2.48. The van der Waals surface area contributed by atoms with Crippen LogP contribution >= 0.6 is 35.0 Å². The van der Waals surface area contributed by atoms with Gasteiger partial charge >= 0.3 is 0 Å². The van der Waals surface area contributed by atoms with Gasteiger partial charge in [-0.1, -0.05) is 47.0 Å². The lowest BCUT2D eigenvalue weighted by atomic mass is 10.2. The summed E-state index contributed by atoms with van der Waals surface area (Å²) >= 11 is 13.5. The van der Waals surface area contributed by atoms with Gasteiger partial charge in [-0.25, -0.2) is 0 Å². The van der Waals surface area contributed by atoms with E-state index in [4.69, 9.17) is 23.2 Å². The van der Waals surface area contributed by atoms with Gasteiger partial charge in [-0.2, -0.15) is 0 Å². The molecule has 22 heavy (non-hydrogen) atoms. The van der Waals surface area contributed by atoms with Crippen LogP contribution in [-0.4, -0.2) is 11.2 Å². The number of amides is 1. The van der Waals surface area contributed by atoms with Crippen LogP contribution < -0.4 is 5.32 Å². The number of aryl methyl sites for hydroxylation is 1. The fourth-order valence-corrected chi connectivity index (χ4v) is 3.23. The molecule has 0 bridgehead atoms. The van der Waals surface area contributed by atoms with Crippen molar-refractivity contribution in [3.05, 3.63) is 63.6 Å². The zero-order chi connectivity index (χ0) is 16.1. The number of hydrogen-bond donors (Lipinski definition) is 1. The van der Waals surface area contributed by atoms with Gasteiger partial charge in [0.2, 0.25) is 5.91 Å². The molecule has 0 radical (unpaired) electrons. The summed E-state index contributed by atoms with van der Waals surface area (Å²) in [6.45, 7) is 4.33. The molecule has 2 nitrogen and oxygen atoms in total. The minimum absolute atomic E-state index is 0.0170. The van der Waals surface area contributed by atoms with Crippen LogP contribution in [0.4, 0.5) is 0 Å². The van der Waals surface area contributed by atoms with Gasteiger partial charge in [-0.05, 0) is 43.7 Å². The standard InChI is InChI=1S/C17H17Cl2NOS/c1-11-3-7-15(8-4-11)22-12(2)17(21)20-10-13-5-6-14(18)9-16(13)19/h3-9,12H,10H2,1-2H3,(H,20,21)/t12-/m1/s1. The Morgan fingerprint density at radius 3 is 2.50 bits per heavy atom. The van der Waals surface area contributed by atoms with Crippen molar-refractivity contribution in [2.75, 3.05) is 0 Å². The smallest absolute Gasteiger partial charge is 0.233 e. The minimum Gasteiger partial charge on any atom is -0.351 e. The molecular weight excluding hydrogens is 337 g/mol. The predicted molar refractivity (Wildman–Crippen MR) is 94.8 cm³/mol. The van der Waals surface area contributed by atoms with Crippen LogP contribution in [0.3, 0.4) is 0 Å². The van der Waals surface area contributed by atoms with Crippen molar-refractivity contribution >= 4 is 40.9 Å². The fraction of sp³-hybridized carbons (Fsp3) is 0.235. The van der Waals surface area contributed by atoms with Gasteiger partial charge in [-0.3, -0.25) is 4.79 Å². The number of nitrogens with one attached hydrogen (secondary N) is 1. The third-order valence-electron chi connectivity index (χ3n) is 3.17. The van der Waals surface area contributed by atoms with Crippen molar-refractivity contribution < 1.29 is 4.79 Å². The lowest BCUT2D eigenvalue weighted by Gasteiger charge is -2.13. The number of carbonyl (C=O) groups excluding carboxylic acids is 1. The Morgan fingerprint density at radius 1 is 1.18 bits per heavy atom. The molecule has 1 amide bonds. The molecule has 0 fully saturated rings. The van der Waals surface area contributed by atoms with Crippen LogP contribution in [0, 0.1) is 6.92 Å². The summed E-state index contributed by atoms with van der Waals surface area (Å²) in [6.07, 6.45) is 0. The van der Waals surface area contributed by atoms with Gasteiger partial charge in [0.15, 0.2) is 0 Å². The van der Waals surface area contributed by atoms with Gasteiger partial charge < -0.3 is 5.32 Å². The molecule has 0 heterocycles. The minimum atomic E-state index is -0.172. The van der Waals surface area contributed by atoms with Crippen LogP contribution in [0.15, 0.2) is 47.4 Å². The summed E-state index contributed by atoms with van der Waals surface area (Å²) in [5, 5.41) is 3.88. The second-order valence-corrected chi connectivity index (χ2v) is 7.28. The molecule has 0 spiro atoms. The number of thioether (sulfide) groups is 1. The topological polar surface area (TPSA) is 29.1 Å². The Balaban J connectivity index is 1.89. The molecule has 5 heteroatoms. The van der Waals surface area contributed by atoms with Crippen molar-refractivity contribution in [1.29, 1.82) is 0 Å². The molecule has 0 unspecified atom stereocenters. The average molecular weight is 354 g/mol. The second-order valence-electron chi connectivity index (χ2n) is 5.03. The Kier molecular flexibility index (Phi) is 6.18. The van der Waals surface area contributed by atoms with Gasteiger partial charge in [0.1, 0.15) is 0 Å². The second kappa shape index (κ2) is 7.91. The molecule has 0 aliphatic rings. The van der Waals surface area contributed by atoms with Crippen LogP contribution in [-0.2, 0) is 11.3 Å². The molecule has 2 aromatic carbocycles. The lowest BCUT2D eigenvalue weighted by Crippen LogP contribution is -2.30. The van der Waals surface area contributed by atoms with E-state index in [-0.39, 0.29) is 11.2 Å². The molecule has 0 aliphatic carbocycles. The largest absolute Gasteiger partial charge is 0.351 e. The maximum absolute atomic E-state index is 12.2. The first-order valence-corrected chi connectivity index (χ1v) is 8.54. The van der Waals surface area contributed by atoms with E-state index in [0.29, 0.717) is 16.6 Å². The number of hydrogen-bond acceptors (Lipinski definition) is 2. The van der Waals surface area contributed by atoms with Crippen LogP contribution in [0.2, 0.25) is 10.0 Å². The van der Waals surface area contributed by atoms with Gasteiger partial charge in [0, 0.05) is 21.5 Å². The van der Waals surface area contributed by atoms with Crippen LogP contribution in [0.5, 0.6) is 0 Å². The zero-order valence-corrected chi connectivity index (χ0v) is 14.7. The molecule has 1 N–H and O–H groups in total. The number of benzene rings is 2. The summed E-state index contributed by atoms with van der Waals surface area (Å²) in [5.74, 6) is -0.0170. The summed E-state index contributed by atoms with van der Waals surface area (Å²) in [4.78, 5) is 13.2. The van der Waals surface area contributed by atoms with E-state index in [0.717, 1.165) is 10.5 Å². The Hall–Kier alpha value is -1.16. The summed E-state index contributed by atoms with van der Waals surface area (Å²) in [7, 11) is 0. The first-order valence-electron chi connectivity index (χ1n) is 6.90. The third kappa shape index (κ3) is 4.94. The lowest BCUT2D eigenvalue weighted by molar-refractivity contribution is -0.120. The summed E-state index contributed by atoms with van der Waals surface area (Å²) < 4.78 is 0. The van der Waals surface area contributed by atoms with E-state index in [2.05, 4.69) is 5.32 Å². The van der Waals surface area contributed by atoms with Crippen molar-refractivity contribution in [1.82, 2.24) is 5.32 Å².